The molecular formula is C14H18ClNO3S. The molecule has 1 aliphatic heterocycles. The third-order valence-corrected chi connectivity index (χ3v) is 6.19. The summed E-state index contributed by atoms with van der Waals surface area (Å²) in [5, 5.41) is 0.273. The van der Waals surface area contributed by atoms with Gasteiger partial charge in [-0.3, -0.25) is 0 Å². The molecule has 6 heteroatoms. The van der Waals surface area contributed by atoms with E-state index < -0.39 is 10.0 Å². The fourth-order valence-electron chi connectivity index (χ4n) is 2.40. The van der Waals surface area contributed by atoms with E-state index in [9.17, 15) is 8.42 Å². The van der Waals surface area contributed by atoms with Crippen molar-refractivity contribution in [1.29, 1.82) is 0 Å². The molecule has 4 nitrogen and oxygen atoms in total. The van der Waals surface area contributed by atoms with Crippen LogP contribution < -0.4 is 0 Å². The molecular weight excluding hydrogens is 298 g/mol. The van der Waals surface area contributed by atoms with Crippen molar-refractivity contribution in [2.75, 3.05) is 19.7 Å². The maximum absolute atomic E-state index is 12.5. The van der Waals surface area contributed by atoms with Crippen molar-refractivity contribution in [3.05, 3.63) is 29.3 Å². The molecule has 1 aliphatic carbocycles. The SMILES string of the molecule is O=S(=O)(c1ccccc1Cl)N1CCC(OCC2CC2)C1. The van der Waals surface area contributed by atoms with Crippen LogP contribution in [0.3, 0.4) is 0 Å². The van der Waals surface area contributed by atoms with E-state index >= 15 is 0 Å². The molecule has 1 saturated heterocycles. The minimum Gasteiger partial charge on any atom is -0.377 e. The zero-order chi connectivity index (χ0) is 14.2. The summed E-state index contributed by atoms with van der Waals surface area (Å²) in [6.07, 6.45) is 3.27. The van der Waals surface area contributed by atoms with Gasteiger partial charge in [0.2, 0.25) is 10.0 Å². The molecule has 0 spiro atoms. The molecule has 0 amide bonds. The Hall–Kier alpha value is -0.620. The molecule has 0 bridgehead atoms. The van der Waals surface area contributed by atoms with E-state index in [2.05, 4.69) is 0 Å². The molecule has 0 radical (unpaired) electrons. The standard InChI is InChI=1S/C14H18ClNO3S/c15-13-3-1-2-4-14(13)20(17,18)16-8-7-12(9-16)19-10-11-5-6-11/h1-4,11-12H,5-10H2. The molecule has 1 aromatic rings. The Morgan fingerprint density at radius 1 is 1.25 bits per heavy atom. The Labute approximate surface area is 124 Å². The van der Waals surface area contributed by atoms with E-state index in [0.717, 1.165) is 13.0 Å². The van der Waals surface area contributed by atoms with Crippen molar-refractivity contribution in [2.24, 2.45) is 5.92 Å². The van der Waals surface area contributed by atoms with Gasteiger partial charge in [-0.05, 0) is 37.3 Å². The first kappa shape index (κ1) is 14.3. The average Bonchev–Trinajstić information content (AvgIpc) is 3.13. The van der Waals surface area contributed by atoms with Gasteiger partial charge in [-0.1, -0.05) is 23.7 Å². The third kappa shape index (κ3) is 3.01. The number of sulfonamides is 1. The minimum absolute atomic E-state index is 0.0212. The van der Waals surface area contributed by atoms with Crippen LogP contribution in [0.2, 0.25) is 5.02 Å². The van der Waals surface area contributed by atoms with Gasteiger partial charge in [0.1, 0.15) is 4.90 Å². The first-order chi connectivity index (χ1) is 9.57. The van der Waals surface area contributed by atoms with Crippen LogP contribution in [0.25, 0.3) is 0 Å². The molecule has 1 unspecified atom stereocenters. The van der Waals surface area contributed by atoms with Crippen LogP contribution in [0, 0.1) is 5.92 Å². The van der Waals surface area contributed by atoms with E-state index in [0.29, 0.717) is 19.0 Å². The topological polar surface area (TPSA) is 46.6 Å². The van der Waals surface area contributed by atoms with Crippen molar-refractivity contribution in [3.8, 4) is 0 Å². The van der Waals surface area contributed by atoms with Crippen molar-refractivity contribution >= 4 is 21.6 Å². The fraction of sp³-hybridized carbons (Fsp3) is 0.571. The Morgan fingerprint density at radius 3 is 2.70 bits per heavy atom. The normalized spacial score (nSPS) is 24.1. The predicted molar refractivity (Wildman–Crippen MR) is 77.3 cm³/mol. The number of rotatable bonds is 5. The molecule has 2 aliphatic rings. The first-order valence-corrected chi connectivity index (χ1v) is 8.75. The molecule has 2 fully saturated rings. The number of halogens is 1. The average molecular weight is 316 g/mol. The van der Waals surface area contributed by atoms with Crippen molar-refractivity contribution in [1.82, 2.24) is 4.31 Å². The highest BCUT2D eigenvalue weighted by atomic mass is 35.5. The summed E-state index contributed by atoms with van der Waals surface area (Å²) >= 11 is 6.00. The second-order valence-electron chi connectivity index (χ2n) is 5.48. The van der Waals surface area contributed by atoms with Gasteiger partial charge in [0.15, 0.2) is 0 Å². The zero-order valence-corrected chi connectivity index (χ0v) is 12.7. The van der Waals surface area contributed by atoms with Gasteiger partial charge in [-0.25, -0.2) is 8.42 Å². The van der Waals surface area contributed by atoms with Crippen LogP contribution in [-0.2, 0) is 14.8 Å². The molecule has 1 aromatic carbocycles. The predicted octanol–water partition coefficient (Wildman–Crippen LogP) is 2.53. The van der Waals surface area contributed by atoms with Gasteiger partial charge >= 0.3 is 0 Å². The zero-order valence-electron chi connectivity index (χ0n) is 11.2. The Balaban J connectivity index is 1.68. The smallest absolute Gasteiger partial charge is 0.244 e. The molecule has 20 heavy (non-hydrogen) atoms. The lowest BCUT2D eigenvalue weighted by Crippen LogP contribution is -2.30. The van der Waals surface area contributed by atoms with E-state index in [4.69, 9.17) is 16.3 Å². The highest BCUT2D eigenvalue weighted by molar-refractivity contribution is 7.89. The lowest BCUT2D eigenvalue weighted by atomic mass is 10.3. The number of nitrogens with zero attached hydrogens (tertiary/aromatic N) is 1. The van der Waals surface area contributed by atoms with E-state index in [1.807, 2.05) is 0 Å². The largest absolute Gasteiger partial charge is 0.377 e. The monoisotopic (exact) mass is 315 g/mol. The summed E-state index contributed by atoms with van der Waals surface area (Å²) in [6.45, 7) is 1.70. The molecule has 1 saturated carbocycles. The third-order valence-electron chi connectivity index (χ3n) is 3.83. The van der Waals surface area contributed by atoms with Gasteiger partial charge in [0, 0.05) is 19.7 Å². The maximum Gasteiger partial charge on any atom is 0.244 e. The van der Waals surface area contributed by atoms with Gasteiger partial charge < -0.3 is 4.74 Å². The van der Waals surface area contributed by atoms with Crippen LogP contribution in [0.15, 0.2) is 29.2 Å². The van der Waals surface area contributed by atoms with Gasteiger partial charge in [0.05, 0.1) is 11.1 Å². The lowest BCUT2D eigenvalue weighted by Gasteiger charge is -2.17. The number of hydrogen-bond donors (Lipinski definition) is 0. The van der Waals surface area contributed by atoms with Gasteiger partial charge in [0.25, 0.3) is 0 Å². The second-order valence-corrected chi connectivity index (χ2v) is 7.79. The van der Waals surface area contributed by atoms with Crippen LogP contribution >= 0.6 is 11.6 Å². The first-order valence-electron chi connectivity index (χ1n) is 6.93. The van der Waals surface area contributed by atoms with Gasteiger partial charge in [-0.2, -0.15) is 4.31 Å². The maximum atomic E-state index is 12.5. The Kier molecular flexibility index (Phi) is 4.04. The molecule has 1 atom stereocenters. The molecule has 0 aromatic heterocycles. The van der Waals surface area contributed by atoms with Gasteiger partial charge in [-0.15, -0.1) is 0 Å². The molecule has 0 N–H and O–H groups in total. The molecule has 110 valence electrons. The Bertz CT molecular complexity index is 586. The summed E-state index contributed by atoms with van der Waals surface area (Å²) < 4.78 is 32.3. The number of hydrogen-bond acceptors (Lipinski definition) is 3. The van der Waals surface area contributed by atoms with Crippen molar-refractivity contribution < 1.29 is 13.2 Å². The van der Waals surface area contributed by atoms with Crippen molar-refractivity contribution in [2.45, 2.75) is 30.3 Å². The highest BCUT2D eigenvalue weighted by Crippen LogP contribution is 2.31. The Morgan fingerprint density at radius 2 is 2.00 bits per heavy atom. The van der Waals surface area contributed by atoms with Crippen LogP contribution in [-0.4, -0.2) is 38.5 Å². The summed E-state index contributed by atoms with van der Waals surface area (Å²) in [5.74, 6) is 0.698. The summed E-state index contributed by atoms with van der Waals surface area (Å²) in [6, 6.07) is 6.57. The second kappa shape index (κ2) is 5.64. The van der Waals surface area contributed by atoms with Crippen LogP contribution in [0.4, 0.5) is 0 Å². The summed E-state index contributed by atoms with van der Waals surface area (Å²) in [5.41, 5.74) is 0. The quantitative estimate of drug-likeness (QED) is 0.839. The van der Waals surface area contributed by atoms with E-state index in [1.165, 1.54) is 17.1 Å². The molecule has 3 rings (SSSR count). The van der Waals surface area contributed by atoms with E-state index in [1.54, 1.807) is 24.3 Å². The van der Waals surface area contributed by atoms with Crippen molar-refractivity contribution in [3.63, 3.8) is 0 Å². The minimum atomic E-state index is -3.50. The summed E-state index contributed by atoms with van der Waals surface area (Å²) in [4.78, 5) is 0.185. The fourth-order valence-corrected chi connectivity index (χ4v) is 4.38. The summed E-state index contributed by atoms with van der Waals surface area (Å²) in [7, 11) is -3.50. The highest BCUT2D eigenvalue weighted by Gasteiger charge is 2.34. The number of ether oxygens (including phenoxy) is 1. The molecule has 1 heterocycles. The van der Waals surface area contributed by atoms with Crippen LogP contribution in [0.1, 0.15) is 19.3 Å². The van der Waals surface area contributed by atoms with E-state index in [-0.39, 0.29) is 16.0 Å². The van der Waals surface area contributed by atoms with Crippen LogP contribution in [0.5, 0.6) is 0 Å². The number of benzene rings is 1. The lowest BCUT2D eigenvalue weighted by molar-refractivity contribution is 0.0561.